The highest BCUT2D eigenvalue weighted by Gasteiger charge is 2.41. The number of carbonyl (C=O) groups excluding carboxylic acids is 3. The zero-order valence-corrected chi connectivity index (χ0v) is 16.4. The van der Waals surface area contributed by atoms with Gasteiger partial charge >= 0.3 is 0 Å². The molecule has 3 aliphatic rings. The lowest BCUT2D eigenvalue weighted by atomic mass is 9.91. The first-order valence-corrected chi connectivity index (χ1v) is 10.1. The molecule has 0 bridgehead atoms. The van der Waals surface area contributed by atoms with E-state index in [1.807, 2.05) is 30.6 Å². The van der Waals surface area contributed by atoms with Crippen molar-refractivity contribution in [3.8, 4) is 0 Å². The van der Waals surface area contributed by atoms with E-state index in [0.717, 1.165) is 45.2 Å². The van der Waals surface area contributed by atoms with E-state index in [4.69, 9.17) is 0 Å². The fourth-order valence-electron chi connectivity index (χ4n) is 4.08. The van der Waals surface area contributed by atoms with Gasteiger partial charge in [-0.2, -0.15) is 0 Å². The van der Waals surface area contributed by atoms with Crippen LogP contribution in [0.3, 0.4) is 0 Å². The Bertz CT molecular complexity index is 557. The molecule has 6 nitrogen and oxygen atoms in total. The van der Waals surface area contributed by atoms with Crippen molar-refractivity contribution < 1.29 is 14.4 Å². The number of carbonyl (C=O) groups is 3. The van der Waals surface area contributed by atoms with Crippen LogP contribution in [-0.4, -0.2) is 58.7 Å². The fraction of sp³-hybridized carbons (Fsp3) is 0.850. The van der Waals surface area contributed by atoms with E-state index in [9.17, 15) is 14.4 Å². The van der Waals surface area contributed by atoms with E-state index in [0.29, 0.717) is 31.3 Å². The maximum absolute atomic E-state index is 12.8. The predicted octanol–water partition coefficient (Wildman–Crippen LogP) is 1.93. The molecule has 0 spiro atoms. The second-order valence-electron chi connectivity index (χ2n) is 9.23. The highest BCUT2D eigenvalue weighted by atomic mass is 16.2. The summed E-state index contributed by atoms with van der Waals surface area (Å²) < 4.78 is 0. The van der Waals surface area contributed by atoms with Crippen molar-refractivity contribution >= 4 is 17.7 Å². The van der Waals surface area contributed by atoms with Gasteiger partial charge in [-0.05, 0) is 58.8 Å². The molecule has 1 atom stereocenters. The Labute approximate surface area is 156 Å². The number of nitrogens with zero attached hydrogens (tertiary/aromatic N) is 2. The van der Waals surface area contributed by atoms with Crippen LogP contribution in [-0.2, 0) is 14.4 Å². The summed E-state index contributed by atoms with van der Waals surface area (Å²) in [7, 11) is 0. The first-order valence-electron chi connectivity index (χ1n) is 10.1. The number of hydrogen-bond acceptors (Lipinski definition) is 3. The molecule has 6 heteroatoms. The molecule has 1 unspecified atom stereocenters. The lowest BCUT2D eigenvalue weighted by molar-refractivity contribution is -0.137. The molecule has 2 heterocycles. The normalized spacial score (nSPS) is 24.9. The smallest absolute Gasteiger partial charge is 0.227 e. The van der Waals surface area contributed by atoms with Gasteiger partial charge in [0.2, 0.25) is 17.7 Å². The molecule has 0 aromatic rings. The molecule has 1 aliphatic carbocycles. The molecule has 0 radical (unpaired) electrons. The quantitative estimate of drug-likeness (QED) is 0.811. The Hall–Kier alpha value is -1.59. The van der Waals surface area contributed by atoms with Crippen molar-refractivity contribution in [2.24, 2.45) is 11.8 Å². The van der Waals surface area contributed by atoms with Gasteiger partial charge in [0.25, 0.3) is 0 Å². The molecule has 3 rings (SSSR count). The van der Waals surface area contributed by atoms with Gasteiger partial charge in [0.1, 0.15) is 0 Å². The molecule has 2 saturated heterocycles. The van der Waals surface area contributed by atoms with Gasteiger partial charge in [-0.25, -0.2) is 0 Å². The summed E-state index contributed by atoms with van der Waals surface area (Å²) in [6.45, 7) is 8.11. The summed E-state index contributed by atoms with van der Waals surface area (Å²) in [5.74, 6) is 0.739. The molecule has 3 amide bonds. The third-order valence-electron chi connectivity index (χ3n) is 5.93. The van der Waals surface area contributed by atoms with Crippen LogP contribution in [0.25, 0.3) is 0 Å². The van der Waals surface area contributed by atoms with Crippen molar-refractivity contribution in [3.63, 3.8) is 0 Å². The second kappa shape index (κ2) is 7.57. The van der Waals surface area contributed by atoms with Crippen molar-refractivity contribution in [2.75, 3.05) is 19.6 Å². The number of likely N-dealkylation sites (tertiary alicyclic amines) is 2. The molecular formula is C20H33N3O3. The topological polar surface area (TPSA) is 69.7 Å². The Kier molecular flexibility index (Phi) is 5.58. The van der Waals surface area contributed by atoms with Crippen molar-refractivity contribution in [3.05, 3.63) is 0 Å². The third-order valence-corrected chi connectivity index (χ3v) is 5.93. The third kappa shape index (κ3) is 4.77. The highest BCUT2D eigenvalue weighted by molar-refractivity contribution is 5.89. The van der Waals surface area contributed by atoms with E-state index in [2.05, 4.69) is 5.32 Å². The summed E-state index contributed by atoms with van der Waals surface area (Å²) in [5, 5.41) is 3.04. The number of amides is 3. The Morgan fingerprint density at radius 2 is 1.77 bits per heavy atom. The minimum Gasteiger partial charge on any atom is -0.353 e. The molecule has 3 fully saturated rings. The van der Waals surface area contributed by atoms with E-state index >= 15 is 0 Å². The van der Waals surface area contributed by atoms with Crippen LogP contribution in [0.1, 0.15) is 65.7 Å². The van der Waals surface area contributed by atoms with Crippen LogP contribution in [0.2, 0.25) is 0 Å². The summed E-state index contributed by atoms with van der Waals surface area (Å²) in [5.41, 5.74) is -0.222. The molecule has 1 N–H and O–H groups in total. The molecule has 2 aliphatic heterocycles. The zero-order valence-electron chi connectivity index (χ0n) is 16.4. The average Bonchev–Trinajstić information content (AvgIpc) is 3.30. The predicted molar refractivity (Wildman–Crippen MR) is 99.3 cm³/mol. The van der Waals surface area contributed by atoms with Gasteiger partial charge in [-0.15, -0.1) is 0 Å². The summed E-state index contributed by atoms with van der Waals surface area (Å²) in [6, 6.07) is 0.434. The van der Waals surface area contributed by atoms with E-state index in [-0.39, 0.29) is 29.2 Å². The van der Waals surface area contributed by atoms with Gasteiger partial charge in [-0.1, -0.05) is 0 Å². The molecule has 0 aromatic carbocycles. The number of piperidine rings is 1. The van der Waals surface area contributed by atoms with Crippen LogP contribution < -0.4 is 5.32 Å². The van der Waals surface area contributed by atoms with Gasteiger partial charge in [0.15, 0.2) is 0 Å². The van der Waals surface area contributed by atoms with Crippen LogP contribution in [0.4, 0.5) is 0 Å². The molecule has 26 heavy (non-hydrogen) atoms. The highest BCUT2D eigenvalue weighted by Crippen LogP contribution is 2.29. The lowest BCUT2D eigenvalue weighted by Crippen LogP contribution is -2.45. The van der Waals surface area contributed by atoms with Crippen LogP contribution in [0.15, 0.2) is 0 Å². The average molecular weight is 364 g/mol. The summed E-state index contributed by atoms with van der Waals surface area (Å²) in [6.07, 6.45) is 6.05. The standard InChI is InChI=1S/C20H33N3O3/c1-20(2,3)23-13-15(12-18(23)25)19(26)22-10-8-14(9-11-22)4-7-17(24)21-16-5-6-16/h14-16H,4-13H2,1-3H3,(H,21,24). The largest absolute Gasteiger partial charge is 0.353 e. The summed E-state index contributed by atoms with van der Waals surface area (Å²) >= 11 is 0. The zero-order chi connectivity index (χ0) is 18.9. The van der Waals surface area contributed by atoms with Crippen LogP contribution in [0.5, 0.6) is 0 Å². The van der Waals surface area contributed by atoms with E-state index in [1.165, 1.54) is 0 Å². The molecule has 1 saturated carbocycles. The van der Waals surface area contributed by atoms with Gasteiger partial charge in [-0.3, -0.25) is 14.4 Å². The minimum absolute atomic E-state index is 0.0902. The summed E-state index contributed by atoms with van der Waals surface area (Å²) in [4.78, 5) is 40.6. The number of rotatable bonds is 5. The van der Waals surface area contributed by atoms with Crippen LogP contribution >= 0.6 is 0 Å². The van der Waals surface area contributed by atoms with Gasteiger partial charge in [0, 0.05) is 44.1 Å². The first-order chi connectivity index (χ1) is 12.2. The van der Waals surface area contributed by atoms with Gasteiger partial charge < -0.3 is 15.1 Å². The van der Waals surface area contributed by atoms with Crippen molar-refractivity contribution in [1.29, 1.82) is 0 Å². The monoisotopic (exact) mass is 363 g/mol. The Balaban J connectivity index is 1.41. The maximum Gasteiger partial charge on any atom is 0.227 e. The van der Waals surface area contributed by atoms with Crippen molar-refractivity contribution in [2.45, 2.75) is 77.3 Å². The lowest BCUT2D eigenvalue weighted by Gasteiger charge is -2.34. The molecular weight excluding hydrogens is 330 g/mol. The van der Waals surface area contributed by atoms with Crippen LogP contribution in [0, 0.1) is 11.8 Å². The van der Waals surface area contributed by atoms with Crippen molar-refractivity contribution in [1.82, 2.24) is 15.1 Å². The van der Waals surface area contributed by atoms with E-state index < -0.39 is 0 Å². The number of nitrogens with one attached hydrogen (secondary N) is 1. The number of hydrogen-bond donors (Lipinski definition) is 1. The SMILES string of the molecule is CC(C)(C)N1CC(C(=O)N2CCC(CCC(=O)NC3CC3)CC2)CC1=O. The maximum atomic E-state index is 12.8. The Morgan fingerprint density at radius 1 is 1.12 bits per heavy atom. The second-order valence-corrected chi connectivity index (χ2v) is 9.23. The van der Waals surface area contributed by atoms with Gasteiger partial charge in [0.05, 0.1) is 5.92 Å². The first kappa shape index (κ1) is 19.2. The fourth-order valence-corrected chi connectivity index (χ4v) is 4.08. The molecule has 0 aromatic heterocycles. The Morgan fingerprint density at radius 3 is 2.31 bits per heavy atom. The molecule has 146 valence electrons. The minimum atomic E-state index is -0.222. The van der Waals surface area contributed by atoms with E-state index in [1.54, 1.807) is 0 Å².